The molecule has 28 heavy (non-hydrogen) atoms. The number of para-hydroxylation sites is 1. The van der Waals surface area contributed by atoms with E-state index in [2.05, 4.69) is 27.6 Å². The van der Waals surface area contributed by atoms with Gasteiger partial charge in [0.25, 0.3) is 5.91 Å². The van der Waals surface area contributed by atoms with Gasteiger partial charge in [-0.25, -0.2) is 9.67 Å². The number of rotatable bonds is 5. The molecule has 0 bridgehead atoms. The standard InChI is InChI=1S/C22H25N5O/c1-22(12-14-23-15-13-22)16-24-21(28)19-25-20(17-8-4-2-5-9-17)27(26-19)18-10-6-3-7-11-18/h2-11,23H,12-16H2,1H3,(H,24,28). The summed E-state index contributed by atoms with van der Waals surface area (Å²) >= 11 is 0. The Labute approximate surface area is 165 Å². The molecule has 1 amide bonds. The molecule has 1 aromatic heterocycles. The molecule has 2 N–H and O–H groups in total. The van der Waals surface area contributed by atoms with Gasteiger partial charge < -0.3 is 10.6 Å². The zero-order valence-electron chi connectivity index (χ0n) is 16.1. The van der Waals surface area contributed by atoms with Crippen molar-refractivity contribution in [3.05, 3.63) is 66.5 Å². The third-order valence-corrected chi connectivity index (χ3v) is 5.33. The Bertz CT molecular complexity index is 873. The summed E-state index contributed by atoms with van der Waals surface area (Å²) < 4.78 is 1.73. The zero-order chi connectivity index (χ0) is 19.4. The van der Waals surface area contributed by atoms with Crippen LogP contribution in [-0.2, 0) is 0 Å². The van der Waals surface area contributed by atoms with Crippen LogP contribution in [0, 0.1) is 5.41 Å². The first-order valence-corrected chi connectivity index (χ1v) is 9.71. The molecule has 1 aliphatic heterocycles. The maximum absolute atomic E-state index is 12.8. The molecule has 4 rings (SSSR count). The minimum atomic E-state index is -0.230. The van der Waals surface area contributed by atoms with Crippen LogP contribution in [0.3, 0.4) is 0 Å². The Kier molecular flexibility index (Phi) is 5.21. The van der Waals surface area contributed by atoms with E-state index < -0.39 is 0 Å². The predicted octanol–water partition coefficient (Wildman–Crippen LogP) is 3.05. The first-order valence-electron chi connectivity index (χ1n) is 9.71. The second-order valence-corrected chi connectivity index (χ2v) is 7.62. The molecule has 1 aliphatic rings. The van der Waals surface area contributed by atoms with Gasteiger partial charge in [-0.2, -0.15) is 0 Å². The van der Waals surface area contributed by atoms with Crippen LogP contribution in [0.1, 0.15) is 30.4 Å². The Hall–Kier alpha value is -2.99. The number of carbonyl (C=O) groups excluding carboxylic acids is 1. The summed E-state index contributed by atoms with van der Waals surface area (Å²) in [6.07, 6.45) is 2.10. The number of nitrogens with zero attached hydrogens (tertiary/aromatic N) is 3. The molecular formula is C22H25N5O. The Morgan fingerprint density at radius 2 is 1.71 bits per heavy atom. The lowest BCUT2D eigenvalue weighted by molar-refractivity contribution is 0.0912. The average Bonchev–Trinajstić information content (AvgIpc) is 3.20. The molecule has 0 saturated carbocycles. The maximum atomic E-state index is 12.8. The zero-order valence-corrected chi connectivity index (χ0v) is 16.1. The number of nitrogens with one attached hydrogen (secondary N) is 2. The summed E-state index contributed by atoms with van der Waals surface area (Å²) in [4.78, 5) is 17.4. The highest BCUT2D eigenvalue weighted by molar-refractivity contribution is 5.91. The van der Waals surface area contributed by atoms with Gasteiger partial charge in [-0.15, -0.1) is 5.10 Å². The second kappa shape index (κ2) is 7.94. The Balaban J connectivity index is 1.61. The summed E-state index contributed by atoms with van der Waals surface area (Å²) in [6.45, 7) is 4.84. The van der Waals surface area contributed by atoms with Crippen molar-refractivity contribution in [1.82, 2.24) is 25.4 Å². The first-order chi connectivity index (χ1) is 13.6. The minimum Gasteiger partial charge on any atom is -0.349 e. The van der Waals surface area contributed by atoms with Crippen LogP contribution in [0.15, 0.2) is 60.7 Å². The number of hydrogen-bond donors (Lipinski definition) is 2. The molecule has 0 spiro atoms. The van der Waals surface area contributed by atoms with Crippen molar-refractivity contribution < 1.29 is 4.79 Å². The molecule has 0 atom stereocenters. The third-order valence-electron chi connectivity index (χ3n) is 5.33. The van der Waals surface area contributed by atoms with Gasteiger partial charge in [-0.05, 0) is 43.5 Å². The predicted molar refractivity (Wildman–Crippen MR) is 109 cm³/mol. The molecule has 144 valence electrons. The molecule has 1 saturated heterocycles. The van der Waals surface area contributed by atoms with Gasteiger partial charge in [0, 0.05) is 12.1 Å². The summed E-state index contributed by atoms with van der Waals surface area (Å²) in [5, 5.41) is 10.9. The Morgan fingerprint density at radius 3 is 2.39 bits per heavy atom. The molecule has 3 aromatic rings. The third kappa shape index (κ3) is 3.97. The fraction of sp³-hybridized carbons (Fsp3) is 0.318. The van der Waals surface area contributed by atoms with E-state index in [-0.39, 0.29) is 17.1 Å². The van der Waals surface area contributed by atoms with Crippen molar-refractivity contribution in [3.63, 3.8) is 0 Å². The number of carbonyl (C=O) groups is 1. The average molecular weight is 375 g/mol. The van der Waals surface area contributed by atoms with Crippen LogP contribution in [0.25, 0.3) is 17.1 Å². The van der Waals surface area contributed by atoms with Crippen molar-refractivity contribution >= 4 is 5.91 Å². The summed E-state index contributed by atoms with van der Waals surface area (Å²) in [5.41, 5.74) is 1.91. The van der Waals surface area contributed by atoms with Gasteiger partial charge in [-0.1, -0.05) is 55.5 Å². The van der Waals surface area contributed by atoms with E-state index >= 15 is 0 Å². The lowest BCUT2D eigenvalue weighted by atomic mass is 9.81. The van der Waals surface area contributed by atoms with Crippen LogP contribution < -0.4 is 10.6 Å². The van der Waals surface area contributed by atoms with Gasteiger partial charge in [0.1, 0.15) is 0 Å². The van der Waals surface area contributed by atoms with Crippen molar-refractivity contribution in [1.29, 1.82) is 0 Å². The van der Waals surface area contributed by atoms with Crippen LogP contribution in [0.2, 0.25) is 0 Å². The van der Waals surface area contributed by atoms with Crippen molar-refractivity contribution in [2.45, 2.75) is 19.8 Å². The summed E-state index contributed by atoms with van der Waals surface area (Å²) in [5.74, 6) is 0.622. The fourth-order valence-electron chi connectivity index (χ4n) is 3.51. The van der Waals surface area contributed by atoms with Crippen molar-refractivity contribution in [2.24, 2.45) is 5.41 Å². The van der Waals surface area contributed by atoms with E-state index in [1.54, 1.807) is 4.68 Å². The number of benzene rings is 2. The highest BCUT2D eigenvalue weighted by atomic mass is 16.2. The van der Waals surface area contributed by atoms with Gasteiger partial charge >= 0.3 is 0 Å². The van der Waals surface area contributed by atoms with Crippen LogP contribution in [0.5, 0.6) is 0 Å². The molecule has 0 radical (unpaired) electrons. The van der Waals surface area contributed by atoms with Crippen LogP contribution in [-0.4, -0.2) is 40.3 Å². The molecule has 6 heteroatoms. The van der Waals surface area contributed by atoms with E-state index in [9.17, 15) is 4.79 Å². The number of aromatic nitrogens is 3. The fourth-order valence-corrected chi connectivity index (χ4v) is 3.51. The largest absolute Gasteiger partial charge is 0.349 e. The molecule has 0 aliphatic carbocycles. The molecule has 6 nitrogen and oxygen atoms in total. The van der Waals surface area contributed by atoms with Gasteiger partial charge in [0.2, 0.25) is 5.82 Å². The summed E-state index contributed by atoms with van der Waals surface area (Å²) in [6, 6.07) is 19.6. The normalized spacial score (nSPS) is 15.9. The lowest BCUT2D eigenvalue weighted by Crippen LogP contribution is -2.43. The van der Waals surface area contributed by atoms with E-state index in [0.717, 1.165) is 37.2 Å². The van der Waals surface area contributed by atoms with Crippen LogP contribution in [0.4, 0.5) is 0 Å². The lowest BCUT2D eigenvalue weighted by Gasteiger charge is -2.33. The number of piperidine rings is 1. The van der Waals surface area contributed by atoms with Gasteiger partial charge in [-0.3, -0.25) is 4.79 Å². The maximum Gasteiger partial charge on any atom is 0.291 e. The summed E-state index contributed by atoms with van der Waals surface area (Å²) in [7, 11) is 0. The van der Waals surface area contributed by atoms with E-state index in [1.807, 2.05) is 60.7 Å². The smallest absolute Gasteiger partial charge is 0.291 e. The molecule has 1 fully saturated rings. The van der Waals surface area contributed by atoms with Crippen LogP contribution >= 0.6 is 0 Å². The van der Waals surface area contributed by atoms with E-state index in [0.29, 0.717) is 12.4 Å². The van der Waals surface area contributed by atoms with E-state index in [1.165, 1.54) is 0 Å². The SMILES string of the molecule is CC1(CNC(=O)c2nc(-c3ccccc3)n(-c3ccccc3)n2)CCNCC1. The molecular weight excluding hydrogens is 350 g/mol. The quantitative estimate of drug-likeness (QED) is 0.719. The number of amides is 1. The monoisotopic (exact) mass is 375 g/mol. The van der Waals surface area contributed by atoms with Gasteiger partial charge in [0.05, 0.1) is 5.69 Å². The van der Waals surface area contributed by atoms with Crippen molar-refractivity contribution in [2.75, 3.05) is 19.6 Å². The molecule has 0 unspecified atom stereocenters. The molecule has 2 aromatic carbocycles. The first kappa shape index (κ1) is 18.4. The van der Waals surface area contributed by atoms with Crippen molar-refractivity contribution in [3.8, 4) is 17.1 Å². The Morgan fingerprint density at radius 1 is 1.07 bits per heavy atom. The van der Waals surface area contributed by atoms with E-state index in [4.69, 9.17) is 0 Å². The highest BCUT2D eigenvalue weighted by Crippen LogP contribution is 2.27. The number of hydrogen-bond acceptors (Lipinski definition) is 4. The van der Waals surface area contributed by atoms with Gasteiger partial charge in [0.15, 0.2) is 5.82 Å². The minimum absolute atomic E-state index is 0.116. The highest BCUT2D eigenvalue weighted by Gasteiger charge is 2.28. The topological polar surface area (TPSA) is 71.8 Å². The molecule has 2 heterocycles. The second-order valence-electron chi connectivity index (χ2n) is 7.62.